The van der Waals surface area contributed by atoms with Crippen molar-refractivity contribution in [3.63, 3.8) is 0 Å². The Bertz CT molecular complexity index is 218. The summed E-state index contributed by atoms with van der Waals surface area (Å²) in [6, 6.07) is 0.443. The summed E-state index contributed by atoms with van der Waals surface area (Å²) in [5, 5.41) is 3.31. The molecule has 1 heterocycles. The van der Waals surface area contributed by atoms with E-state index in [0.29, 0.717) is 17.9 Å². The maximum absolute atomic E-state index is 12.0. The average Bonchev–Trinajstić information content (AvgIpc) is 2.88. The zero-order chi connectivity index (χ0) is 10.7. The predicted octanol–water partition coefficient (Wildman–Crippen LogP) is 1.39. The van der Waals surface area contributed by atoms with Crippen LogP contribution in [0.2, 0.25) is 0 Å². The fraction of sp³-hybridized carbons (Fsp3) is 0.917. The van der Waals surface area contributed by atoms with Gasteiger partial charge in [0, 0.05) is 26.1 Å². The van der Waals surface area contributed by atoms with Crippen molar-refractivity contribution in [2.45, 2.75) is 44.6 Å². The van der Waals surface area contributed by atoms with Crippen LogP contribution in [-0.2, 0) is 4.79 Å². The summed E-state index contributed by atoms with van der Waals surface area (Å²) in [4.78, 5) is 14.0. The summed E-state index contributed by atoms with van der Waals surface area (Å²) in [5.74, 6) is 1.03. The SMILES string of the molecule is CN(C(=O)CC1CCCC1)[C@@H]1CCNC1. The fourth-order valence-electron chi connectivity index (χ4n) is 2.78. The Balaban J connectivity index is 1.78. The van der Waals surface area contributed by atoms with Gasteiger partial charge in [0.15, 0.2) is 0 Å². The lowest BCUT2D eigenvalue weighted by Gasteiger charge is -2.25. The van der Waals surface area contributed by atoms with Gasteiger partial charge in [-0.3, -0.25) is 4.79 Å². The van der Waals surface area contributed by atoms with Crippen molar-refractivity contribution in [3.05, 3.63) is 0 Å². The topological polar surface area (TPSA) is 32.3 Å². The van der Waals surface area contributed by atoms with E-state index in [0.717, 1.165) is 25.9 Å². The minimum Gasteiger partial charge on any atom is -0.341 e. The first kappa shape index (κ1) is 10.9. The van der Waals surface area contributed by atoms with Crippen LogP contribution in [0.4, 0.5) is 0 Å². The molecule has 0 radical (unpaired) electrons. The van der Waals surface area contributed by atoms with E-state index in [2.05, 4.69) is 5.32 Å². The van der Waals surface area contributed by atoms with Gasteiger partial charge in [-0.2, -0.15) is 0 Å². The van der Waals surface area contributed by atoms with Gasteiger partial charge in [-0.1, -0.05) is 12.8 Å². The standard InChI is InChI=1S/C12H22N2O/c1-14(11-6-7-13-9-11)12(15)8-10-4-2-3-5-10/h10-11,13H,2-9H2,1H3/t11-/m1/s1. The lowest BCUT2D eigenvalue weighted by molar-refractivity contribution is -0.132. The summed E-state index contributed by atoms with van der Waals surface area (Å²) in [7, 11) is 1.97. The first-order chi connectivity index (χ1) is 7.27. The molecule has 0 aromatic heterocycles. The Labute approximate surface area is 92.2 Å². The highest BCUT2D eigenvalue weighted by atomic mass is 16.2. The molecule has 1 N–H and O–H groups in total. The quantitative estimate of drug-likeness (QED) is 0.763. The van der Waals surface area contributed by atoms with Crippen LogP contribution in [0.25, 0.3) is 0 Å². The van der Waals surface area contributed by atoms with Crippen molar-refractivity contribution < 1.29 is 4.79 Å². The molecule has 1 saturated carbocycles. The van der Waals surface area contributed by atoms with Crippen molar-refractivity contribution in [3.8, 4) is 0 Å². The second-order valence-corrected chi connectivity index (χ2v) is 5.01. The van der Waals surface area contributed by atoms with Crippen molar-refractivity contribution in [2.24, 2.45) is 5.92 Å². The molecule has 1 aliphatic heterocycles. The number of likely N-dealkylation sites (N-methyl/N-ethyl adjacent to an activating group) is 1. The van der Waals surface area contributed by atoms with Crippen LogP contribution in [0.15, 0.2) is 0 Å². The van der Waals surface area contributed by atoms with Crippen LogP contribution >= 0.6 is 0 Å². The Morgan fingerprint density at radius 1 is 1.33 bits per heavy atom. The molecule has 0 aromatic rings. The molecular weight excluding hydrogens is 188 g/mol. The van der Waals surface area contributed by atoms with Gasteiger partial charge >= 0.3 is 0 Å². The highest BCUT2D eigenvalue weighted by Gasteiger charge is 2.26. The number of nitrogens with one attached hydrogen (secondary N) is 1. The molecular formula is C12H22N2O. The molecule has 0 unspecified atom stereocenters. The van der Waals surface area contributed by atoms with Crippen molar-refractivity contribution in [1.29, 1.82) is 0 Å². The second kappa shape index (κ2) is 4.97. The van der Waals surface area contributed by atoms with Gasteiger partial charge < -0.3 is 10.2 Å². The minimum atomic E-state index is 0.357. The summed E-state index contributed by atoms with van der Waals surface area (Å²) in [6.45, 7) is 2.04. The number of carbonyl (C=O) groups excluding carboxylic acids is 1. The first-order valence-corrected chi connectivity index (χ1v) is 6.24. The molecule has 2 aliphatic rings. The molecule has 1 atom stereocenters. The molecule has 0 aromatic carbocycles. The molecule has 2 fully saturated rings. The molecule has 3 nitrogen and oxygen atoms in total. The maximum Gasteiger partial charge on any atom is 0.222 e. The minimum absolute atomic E-state index is 0.357. The lowest BCUT2D eigenvalue weighted by atomic mass is 10.0. The maximum atomic E-state index is 12.0. The molecule has 86 valence electrons. The largest absolute Gasteiger partial charge is 0.341 e. The van der Waals surface area contributed by atoms with Crippen molar-refractivity contribution >= 4 is 5.91 Å². The van der Waals surface area contributed by atoms with E-state index in [1.165, 1.54) is 25.7 Å². The number of hydrogen-bond acceptors (Lipinski definition) is 2. The third-order valence-corrected chi connectivity index (χ3v) is 3.91. The fourth-order valence-corrected chi connectivity index (χ4v) is 2.78. The first-order valence-electron chi connectivity index (χ1n) is 6.24. The van der Waals surface area contributed by atoms with Gasteiger partial charge in [0.2, 0.25) is 5.91 Å². The highest BCUT2D eigenvalue weighted by molar-refractivity contribution is 5.76. The molecule has 1 amide bonds. The Morgan fingerprint density at radius 2 is 2.07 bits per heavy atom. The van der Waals surface area contributed by atoms with Gasteiger partial charge in [-0.05, 0) is 31.7 Å². The van der Waals surface area contributed by atoms with Crippen LogP contribution in [-0.4, -0.2) is 37.0 Å². The molecule has 0 spiro atoms. The van der Waals surface area contributed by atoms with Gasteiger partial charge in [0.1, 0.15) is 0 Å². The predicted molar refractivity (Wildman–Crippen MR) is 60.6 cm³/mol. The third-order valence-electron chi connectivity index (χ3n) is 3.91. The summed E-state index contributed by atoms with van der Waals surface area (Å²) >= 11 is 0. The van der Waals surface area contributed by atoms with Crippen LogP contribution in [0.5, 0.6) is 0 Å². The molecule has 3 heteroatoms. The molecule has 1 aliphatic carbocycles. The van der Waals surface area contributed by atoms with E-state index in [4.69, 9.17) is 0 Å². The van der Waals surface area contributed by atoms with Crippen LogP contribution in [0.3, 0.4) is 0 Å². The van der Waals surface area contributed by atoms with Crippen LogP contribution in [0, 0.1) is 5.92 Å². The van der Waals surface area contributed by atoms with E-state index in [-0.39, 0.29) is 0 Å². The van der Waals surface area contributed by atoms with Crippen molar-refractivity contribution in [2.75, 3.05) is 20.1 Å². The summed E-state index contributed by atoms with van der Waals surface area (Å²) < 4.78 is 0. The van der Waals surface area contributed by atoms with Gasteiger partial charge in [0.25, 0.3) is 0 Å². The van der Waals surface area contributed by atoms with E-state index in [9.17, 15) is 4.79 Å². The Kier molecular flexibility index (Phi) is 3.62. The van der Waals surface area contributed by atoms with Crippen LogP contribution < -0.4 is 5.32 Å². The highest BCUT2D eigenvalue weighted by Crippen LogP contribution is 2.28. The summed E-state index contributed by atoms with van der Waals surface area (Å²) in [6.07, 6.45) is 7.09. The number of nitrogens with zero attached hydrogens (tertiary/aromatic N) is 1. The third kappa shape index (κ3) is 2.71. The Hall–Kier alpha value is -0.570. The number of hydrogen-bond donors (Lipinski definition) is 1. The van der Waals surface area contributed by atoms with E-state index < -0.39 is 0 Å². The molecule has 15 heavy (non-hydrogen) atoms. The normalized spacial score (nSPS) is 27.1. The molecule has 1 saturated heterocycles. The van der Waals surface area contributed by atoms with Crippen molar-refractivity contribution in [1.82, 2.24) is 10.2 Å². The lowest BCUT2D eigenvalue weighted by Crippen LogP contribution is -2.38. The monoisotopic (exact) mass is 210 g/mol. The van der Waals surface area contributed by atoms with Gasteiger partial charge in [-0.15, -0.1) is 0 Å². The smallest absolute Gasteiger partial charge is 0.222 e. The van der Waals surface area contributed by atoms with Gasteiger partial charge in [0.05, 0.1) is 0 Å². The molecule has 2 rings (SSSR count). The van der Waals surface area contributed by atoms with Gasteiger partial charge in [-0.25, -0.2) is 0 Å². The number of carbonyl (C=O) groups is 1. The van der Waals surface area contributed by atoms with E-state index >= 15 is 0 Å². The zero-order valence-corrected chi connectivity index (χ0v) is 9.67. The van der Waals surface area contributed by atoms with E-state index in [1.54, 1.807) is 0 Å². The molecule has 0 bridgehead atoms. The Morgan fingerprint density at radius 3 is 2.67 bits per heavy atom. The summed E-state index contributed by atoms with van der Waals surface area (Å²) in [5.41, 5.74) is 0. The van der Waals surface area contributed by atoms with Crippen LogP contribution in [0.1, 0.15) is 38.5 Å². The average molecular weight is 210 g/mol. The number of amides is 1. The zero-order valence-electron chi connectivity index (χ0n) is 9.67. The second-order valence-electron chi connectivity index (χ2n) is 5.01. The number of rotatable bonds is 3. The van der Waals surface area contributed by atoms with E-state index in [1.807, 2.05) is 11.9 Å².